The molecule has 0 saturated carbocycles. The third kappa shape index (κ3) is 3.50. The van der Waals surface area contributed by atoms with Gasteiger partial charge in [0.2, 0.25) is 5.91 Å². The molecule has 1 unspecified atom stereocenters. The molecule has 0 aromatic carbocycles. The summed E-state index contributed by atoms with van der Waals surface area (Å²) in [5.74, 6) is 3.28. The second kappa shape index (κ2) is 5.61. The molecule has 0 aromatic heterocycles. The summed E-state index contributed by atoms with van der Waals surface area (Å²) in [6.07, 6.45) is 1.22. The Bertz CT molecular complexity index is 191. The molecule has 0 bridgehead atoms. The Morgan fingerprint density at radius 1 is 1.64 bits per heavy atom. The van der Waals surface area contributed by atoms with E-state index in [1.54, 1.807) is 0 Å². The van der Waals surface area contributed by atoms with E-state index < -0.39 is 0 Å². The molecule has 14 heavy (non-hydrogen) atoms. The minimum absolute atomic E-state index is 0.00287. The highest BCUT2D eigenvalue weighted by molar-refractivity contribution is 7.99. The molecule has 0 aromatic rings. The van der Waals surface area contributed by atoms with Crippen molar-refractivity contribution in [3.8, 4) is 0 Å². The number of amides is 1. The van der Waals surface area contributed by atoms with Crippen LogP contribution in [-0.2, 0) is 4.79 Å². The summed E-state index contributed by atoms with van der Waals surface area (Å²) >= 11 is 1.97. The molecule has 3 N–H and O–H groups in total. The van der Waals surface area contributed by atoms with Crippen LogP contribution in [0.15, 0.2) is 0 Å². The SMILES string of the molecule is CC(C)[C@@H](N)C(=O)NCC1CCSC1. The molecule has 1 fully saturated rings. The van der Waals surface area contributed by atoms with Crippen LogP contribution in [-0.4, -0.2) is 30.0 Å². The fourth-order valence-corrected chi connectivity index (χ4v) is 2.69. The molecule has 0 radical (unpaired) electrons. The lowest BCUT2D eigenvalue weighted by molar-refractivity contribution is -0.123. The summed E-state index contributed by atoms with van der Waals surface area (Å²) in [4.78, 5) is 11.5. The van der Waals surface area contributed by atoms with Crippen molar-refractivity contribution in [1.82, 2.24) is 5.32 Å². The second-order valence-electron chi connectivity index (χ2n) is 4.24. The van der Waals surface area contributed by atoms with Crippen molar-refractivity contribution in [3.05, 3.63) is 0 Å². The van der Waals surface area contributed by atoms with Gasteiger partial charge in [-0.1, -0.05) is 13.8 Å². The van der Waals surface area contributed by atoms with Gasteiger partial charge in [0.25, 0.3) is 0 Å². The van der Waals surface area contributed by atoms with Gasteiger partial charge in [0.05, 0.1) is 6.04 Å². The number of thioether (sulfide) groups is 1. The Labute approximate surface area is 90.2 Å². The van der Waals surface area contributed by atoms with Gasteiger partial charge in [0, 0.05) is 6.54 Å². The van der Waals surface area contributed by atoms with Crippen molar-refractivity contribution in [1.29, 1.82) is 0 Å². The Balaban J connectivity index is 2.19. The highest BCUT2D eigenvalue weighted by atomic mass is 32.2. The Morgan fingerprint density at radius 3 is 2.86 bits per heavy atom. The standard InChI is InChI=1S/C10H20N2OS/c1-7(2)9(11)10(13)12-5-8-3-4-14-6-8/h7-9H,3-6,11H2,1-2H3,(H,12,13)/t8?,9-/m1/s1. The molecule has 82 valence electrons. The monoisotopic (exact) mass is 216 g/mol. The molecule has 0 aliphatic carbocycles. The lowest BCUT2D eigenvalue weighted by Crippen LogP contribution is -2.45. The summed E-state index contributed by atoms with van der Waals surface area (Å²) in [6.45, 7) is 4.73. The zero-order chi connectivity index (χ0) is 10.6. The van der Waals surface area contributed by atoms with Crippen LogP contribution in [0.1, 0.15) is 20.3 Å². The quantitative estimate of drug-likeness (QED) is 0.732. The van der Waals surface area contributed by atoms with E-state index in [0.29, 0.717) is 5.92 Å². The first kappa shape index (κ1) is 11.9. The largest absolute Gasteiger partial charge is 0.354 e. The maximum Gasteiger partial charge on any atom is 0.237 e. The van der Waals surface area contributed by atoms with E-state index in [1.165, 1.54) is 17.9 Å². The molecule has 1 aliphatic rings. The van der Waals surface area contributed by atoms with Crippen molar-refractivity contribution in [2.45, 2.75) is 26.3 Å². The van der Waals surface area contributed by atoms with Crippen molar-refractivity contribution >= 4 is 17.7 Å². The predicted octanol–water partition coefficient (Wildman–Crippen LogP) is 0.839. The molecule has 1 aliphatic heterocycles. The molecular weight excluding hydrogens is 196 g/mol. The molecule has 1 heterocycles. The van der Waals surface area contributed by atoms with Crippen molar-refractivity contribution < 1.29 is 4.79 Å². The molecule has 2 atom stereocenters. The van der Waals surface area contributed by atoms with Crippen molar-refractivity contribution in [2.24, 2.45) is 17.6 Å². The normalized spacial score (nSPS) is 23.9. The smallest absolute Gasteiger partial charge is 0.237 e. The van der Waals surface area contributed by atoms with Gasteiger partial charge < -0.3 is 11.1 Å². The van der Waals surface area contributed by atoms with Gasteiger partial charge in [-0.3, -0.25) is 4.79 Å². The fourth-order valence-electron chi connectivity index (χ4n) is 1.41. The maximum atomic E-state index is 11.5. The first-order chi connectivity index (χ1) is 6.61. The molecule has 0 spiro atoms. The topological polar surface area (TPSA) is 55.1 Å². The number of rotatable bonds is 4. The van der Waals surface area contributed by atoms with E-state index in [0.717, 1.165) is 6.54 Å². The van der Waals surface area contributed by atoms with Crippen LogP contribution in [0.3, 0.4) is 0 Å². The average molecular weight is 216 g/mol. The number of carbonyl (C=O) groups excluding carboxylic acids is 1. The predicted molar refractivity (Wildman–Crippen MR) is 61.3 cm³/mol. The third-order valence-electron chi connectivity index (χ3n) is 2.61. The van der Waals surface area contributed by atoms with E-state index >= 15 is 0 Å². The number of hydrogen-bond acceptors (Lipinski definition) is 3. The fraction of sp³-hybridized carbons (Fsp3) is 0.900. The van der Waals surface area contributed by atoms with Gasteiger partial charge in [0.1, 0.15) is 0 Å². The van der Waals surface area contributed by atoms with E-state index in [4.69, 9.17) is 5.73 Å². The lowest BCUT2D eigenvalue weighted by atomic mass is 10.0. The van der Waals surface area contributed by atoms with E-state index in [-0.39, 0.29) is 17.9 Å². The van der Waals surface area contributed by atoms with Gasteiger partial charge in [-0.25, -0.2) is 0 Å². The van der Waals surface area contributed by atoms with E-state index in [9.17, 15) is 4.79 Å². The van der Waals surface area contributed by atoms with Gasteiger partial charge in [-0.05, 0) is 29.8 Å². The van der Waals surface area contributed by atoms with E-state index in [1.807, 2.05) is 25.6 Å². The van der Waals surface area contributed by atoms with Crippen LogP contribution >= 0.6 is 11.8 Å². The summed E-state index contributed by atoms with van der Waals surface area (Å²) in [7, 11) is 0. The lowest BCUT2D eigenvalue weighted by Gasteiger charge is -2.17. The number of nitrogens with two attached hydrogens (primary N) is 1. The average Bonchev–Trinajstić information content (AvgIpc) is 2.65. The zero-order valence-electron chi connectivity index (χ0n) is 8.95. The minimum Gasteiger partial charge on any atom is -0.354 e. The summed E-state index contributed by atoms with van der Waals surface area (Å²) in [6, 6.07) is -0.357. The Hall–Kier alpha value is -0.220. The molecule has 1 rings (SSSR count). The first-order valence-electron chi connectivity index (χ1n) is 5.22. The molecule has 1 amide bonds. The third-order valence-corrected chi connectivity index (χ3v) is 3.84. The molecule has 1 saturated heterocycles. The van der Waals surface area contributed by atoms with Gasteiger partial charge in [-0.2, -0.15) is 11.8 Å². The summed E-state index contributed by atoms with van der Waals surface area (Å²) < 4.78 is 0. The highest BCUT2D eigenvalue weighted by Crippen LogP contribution is 2.22. The van der Waals surface area contributed by atoms with Crippen LogP contribution in [0.2, 0.25) is 0 Å². The first-order valence-corrected chi connectivity index (χ1v) is 6.37. The summed E-state index contributed by atoms with van der Waals surface area (Å²) in [5.41, 5.74) is 5.73. The van der Waals surface area contributed by atoms with E-state index in [2.05, 4.69) is 5.32 Å². The maximum absolute atomic E-state index is 11.5. The Kier molecular flexibility index (Phi) is 4.75. The van der Waals surface area contributed by atoms with Gasteiger partial charge in [0.15, 0.2) is 0 Å². The molecule has 4 heteroatoms. The zero-order valence-corrected chi connectivity index (χ0v) is 9.77. The number of nitrogens with one attached hydrogen (secondary N) is 1. The number of carbonyl (C=O) groups is 1. The molecular formula is C10H20N2OS. The van der Waals surface area contributed by atoms with Gasteiger partial charge in [-0.15, -0.1) is 0 Å². The number of hydrogen-bond donors (Lipinski definition) is 2. The van der Waals surface area contributed by atoms with Crippen LogP contribution in [0, 0.1) is 11.8 Å². The molecule has 3 nitrogen and oxygen atoms in total. The van der Waals surface area contributed by atoms with Crippen LogP contribution in [0.4, 0.5) is 0 Å². The minimum atomic E-state index is -0.357. The van der Waals surface area contributed by atoms with Crippen LogP contribution in [0.25, 0.3) is 0 Å². The Morgan fingerprint density at radius 2 is 2.36 bits per heavy atom. The van der Waals surface area contributed by atoms with Crippen molar-refractivity contribution in [3.63, 3.8) is 0 Å². The summed E-state index contributed by atoms with van der Waals surface area (Å²) in [5, 5.41) is 2.93. The van der Waals surface area contributed by atoms with Gasteiger partial charge >= 0.3 is 0 Å². The second-order valence-corrected chi connectivity index (χ2v) is 5.39. The van der Waals surface area contributed by atoms with Crippen LogP contribution < -0.4 is 11.1 Å². The van der Waals surface area contributed by atoms with Crippen molar-refractivity contribution in [2.75, 3.05) is 18.1 Å². The highest BCUT2D eigenvalue weighted by Gasteiger charge is 2.20. The van der Waals surface area contributed by atoms with Crippen LogP contribution in [0.5, 0.6) is 0 Å².